The quantitative estimate of drug-likeness (QED) is 0.639. The van der Waals surface area contributed by atoms with Crippen molar-refractivity contribution in [1.29, 1.82) is 0 Å². The molecule has 0 bridgehead atoms. The van der Waals surface area contributed by atoms with E-state index in [9.17, 15) is 0 Å². The van der Waals surface area contributed by atoms with Crippen LogP contribution in [0.15, 0.2) is 48.5 Å². The fourth-order valence-electron chi connectivity index (χ4n) is 2.63. The van der Waals surface area contributed by atoms with Crippen molar-refractivity contribution >= 4 is 11.4 Å². The van der Waals surface area contributed by atoms with E-state index >= 15 is 0 Å². The van der Waals surface area contributed by atoms with Crippen LogP contribution >= 0.6 is 0 Å². The second-order valence-electron chi connectivity index (χ2n) is 5.40. The molecule has 0 fully saturated rings. The van der Waals surface area contributed by atoms with Gasteiger partial charge in [0.2, 0.25) is 0 Å². The highest BCUT2D eigenvalue weighted by molar-refractivity contribution is 5.85. The van der Waals surface area contributed by atoms with Gasteiger partial charge in [0, 0.05) is 40.3 Å². The van der Waals surface area contributed by atoms with E-state index in [0.717, 1.165) is 40.4 Å². The van der Waals surface area contributed by atoms with E-state index in [-0.39, 0.29) is 0 Å². The van der Waals surface area contributed by atoms with Gasteiger partial charge in [-0.05, 0) is 26.0 Å². The van der Waals surface area contributed by atoms with E-state index in [1.165, 1.54) is 5.56 Å². The molecule has 2 aromatic carbocycles. The predicted octanol–water partition coefficient (Wildman–Crippen LogP) is 3.89. The summed E-state index contributed by atoms with van der Waals surface area (Å²) in [5.74, 6) is 0. The Morgan fingerprint density at radius 1 is 1.00 bits per heavy atom. The first-order valence-electron chi connectivity index (χ1n) is 7.35. The zero-order valence-electron chi connectivity index (χ0n) is 12.9. The lowest BCUT2D eigenvalue weighted by Crippen LogP contribution is -2.03. The molecule has 0 aliphatic heterocycles. The number of benzene rings is 2. The standard InChI is InChI=1S/C18H20N4/c1-12-16(13(2)22-21-12)11-20-18-10-6-4-8-15(18)14-7-3-5-9-17(14)19/h3-10,20H,11,19H2,1-2H3,(H,21,22). The Kier molecular flexibility index (Phi) is 3.83. The molecule has 112 valence electrons. The largest absolute Gasteiger partial charge is 0.398 e. The van der Waals surface area contributed by atoms with E-state index < -0.39 is 0 Å². The Morgan fingerprint density at radius 3 is 2.36 bits per heavy atom. The number of aromatic amines is 1. The van der Waals surface area contributed by atoms with Crippen molar-refractivity contribution in [2.24, 2.45) is 0 Å². The number of hydrogen-bond acceptors (Lipinski definition) is 3. The molecule has 0 spiro atoms. The van der Waals surface area contributed by atoms with Crippen molar-refractivity contribution in [2.45, 2.75) is 20.4 Å². The number of nitrogens with zero attached hydrogens (tertiary/aromatic N) is 1. The zero-order valence-corrected chi connectivity index (χ0v) is 12.9. The molecule has 0 aliphatic rings. The molecular formula is C18H20N4. The van der Waals surface area contributed by atoms with Gasteiger partial charge in [-0.15, -0.1) is 0 Å². The summed E-state index contributed by atoms with van der Waals surface area (Å²) in [4.78, 5) is 0. The Balaban J connectivity index is 1.91. The molecule has 4 N–H and O–H groups in total. The van der Waals surface area contributed by atoms with Gasteiger partial charge in [0.1, 0.15) is 0 Å². The maximum Gasteiger partial charge on any atom is 0.0643 e. The van der Waals surface area contributed by atoms with Crippen LogP contribution in [0.1, 0.15) is 17.0 Å². The highest BCUT2D eigenvalue weighted by Crippen LogP contribution is 2.32. The number of aryl methyl sites for hydroxylation is 2. The summed E-state index contributed by atoms with van der Waals surface area (Å²) < 4.78 is 0. The molecule has 0 saturated carbocycles. The van der Waals surface area contributed by atoms with Crippen LogP contribution in [0.2, 0.25) is 0 Å². The molecule has 0 aliphatic carbocycles. The smallest absolute Gasteiger partial charge is 0.0643 e. The number of hydrogen-bond donors (Lipinski definition) is 3. The number of aromatic nitrogens is 2. The molecule has 3 aromatic rings. The SMILES string of the molecule is Cc1n[nH]c(C)c1CNc1ccccc1-c1ccccc1N. The lowest BCUT2D eigenvalue weighted by Gasteiger charge is -2.14. The monoisotopic (exact) mass is 292 g/mol. The highest BCUT2D eigenvalue weighted by Gasteiger charge is 2.09. The van der Waals surface area contributed by atoms with Gasteiger partial charge in [0.05, 0.1) is 5.69 Å². The third-order valence-electron chi connectivity index (χ3n) is 3.91. The first-order valence-corrected chi connectivity index (χ1v) is 7.35. The molecular weight excluding hydrogens is 272 g/mol. The average Bonchev–Trinajstić information content (AvgIpc) is 2.85. The normalized spacial score (nSPS) is 10.6. The molecule has 22 heavy (non-hydrogen) atoms. The minimum Gasteiger partial charge on any atom is -0.398 e. The summed E-state index contributed by atoms with van der Waals surface area (Å²) >= 11 is 0. The Bertz CT molecular complexity index is 770. The number of H-pyrrole nitrogens is 1. The van der Waals surface area contributed by atoms with Crippen molar-refractivity contribution in [3.8, 4) is 11.1 Å². The molecule has 1 aromatic heterocycles. The van der Waals surface area contributed by atoms with Crippen LogP contribution in [-0.4, -0.2) is 10.2 Å². The van der Waals surface area contributed by atoms with Gasteiger partial charge in [0.25, 0.3) is 0 Å². The first-order chi connectivity index (χ1) is 10.7. The fraction of sp³-hybridized carbons (Fsp3) is 0.167. The van der Waals surface area contributed by atoms with E-state index in [4.69, 9.17) is 5.73 Å². The van der Waals surface area contributed by atoms with Gasteiger partial charge in [-0.25, -0.2) is 0 Å². The van der Waals surface area contributed by atoms with E-state index in [1.807, 2.05) is 50.2 Å². The Labute approximate surface area is 130 Å². The molecule has 0 amide bonds. The van der Waals surface area contributed by atoms with Crippen LogP contribution in [0.3, 0.4) is 0 Å². The minimum absolute atomic E-state index is 0.734. The van der Waals surface area contributed by atoms with E-state index in [0.29, 0.717) is 0 Å². The second kappa shape index (κ2) is 5.93. The summed E-state index contributed by atoms with van der Waals surface area (Å²) in [6.45, 7) is 4.79. The maximum absolute atomic E-state index is 6.12. The van der Waals surface area contributed by atoms with Crippen molar-refractivity contribution in [2.75, 3.05) is 11.1 Å². The topological polar surface area (TPSA) is 66.7 Å². The van der Waals surface area contributed by atoms with E-state index in [1.54, 1.807) is 0 Å². The van der Waals surface area contributed by atoms with Crippen LogP contribution in [0.5, 0.6) is 0 Å². The highest BCUT2D eigenvalue weighted by atomic mass is 15.1. The van der Waals surface area contributed by atoms with Crippen LogP contribution in [0.25, 0.3) is 11.1 Å². The molecule has 1 heterocycles. The number of nitrogens with two attached hydrogens (primary N) is 1. The van der Waals surface area contributed by atoms with Crippen molar-refractivity contribution in [1.82, 2.24) is 10.2 Å². The van der Waals surface area contributed by atoms with Crippen molar-refractivity contribution < 1.29 is 0 Å². The van der Waals surface area contributed by atoms with Gasteiger partial charge < -0.3 is 11.1 Å². The number of para-hydroxylation sites is 2. The molecule has 0 radical (unpaired) electrons. The summed E-state index contributed by atoms with van der Waals surface area (Å²) in [6.07, 6.45) is 0. The molecule has 0 saturated heterocycles. The summed E-state index contributed by atoms with van der Waals surface area (Å²) in [5.41, 5.74) is 13.5. The molecule has 0 atom stereocenters. The second-order valence-corrected chi connectivity index (χ2v) is 5.40. The number of nitrogens with one attached hydrogen (secondary N) is 2. The third kappa shape index (κ3) is 2.68. The molecule has 3 rings (SSSR count). The van der Waals surface area contributed by atoms with Gasteiger partial charge in [0.15, 0.2) is 0 Å². The molecule has 4 nitrogen and oxygen atoms in total. The summed E-state index contributed by atoms with van der Waals surface area (Å²) in [6, 6.07) is 16.2. The van der Waals surface area contributed by atoms with Crippen LogP contribution in [-0.2, 0) is 6.54 Å². The van der Waals surface area contributed by atoms with Gasteiger partial charge in [-0.3, -0.25) is 5.10 Å². The van der Waals surface area contributed by atoms with Crippen LogP contribution < -0.4 is 11.1 Å². The Morgan fingerprint density at radius 2 is 1.68 bits per heavy atom. The number of anilines is 2. The first kappa shape index (κ1) is 14.2. The maximum atomic E-state index is 6.12. The van der Waals surface area contributed by atoms with Gasteiger partial charge >= 0.3 is 0 Å². The number of rotatable bonds is 4. The predicted molar refractivity (Wildman–Crippen MR) is 91.7 cm³/mol. The summed E-state index contributed by atoms with van der Waals surface area (Å²) in [7, 11) is 0. The van der Waals surface area contributed by atoms with Gasteiger partial charge in [-0.2, -0.15) is 5.10 Å². The van der Waals surface area contributed by atoms with Gasteiger partial charge in [-0.1, -0.05) is 36.4 Å². The molecule has 0 unspecified atom stereocenters. The summed E-state index contributed by atoms with van der Waals surface area (Å²) in [5, 5.41) is 10.8. The van der Waals surface area contributed by atoms with Crippen LogP contribution in [0.4, 0.5) is 11.4 Å². The minimum atomic E-state index is 0.734. The zero-order chi connectivity index (χ0) is 15.5. The lowest BCUT2D eigenvalue weighted by molar-refractivity contribution is 1.02. The van der Waals surface area contributed by atoms with Crippen LogP contribution in [0, 0.1) is 13.8 Å². The van der Waals surface area contributed by atoms with Crippen molar-refractivity contribution in [3.05, 3.63) is 65.5 Å². The molecule has 4 heteroatoms. The fourth-order valence-corrected chi connectivity index (χ4v) is 2.63. The third-order valence-corrected chi connectivity index (χ3v) is 3.91. The Hall–Kier alpha value is -2.75. The average molecular weight is 292 g/mol. The van der Waals surface area contributed by atoms with Crippen molar-refractivity contribution in [3.63, 3.8) is 0 Å². The lowest BCUT2D eigenvalue weighted by atomic mass is 10.0. The van der Waals surface area contributed by atoms with E-state index in [2.05, 4.69) is 27.6 Å². The number of nitrogen functional groups attached to an aromatic ring is 1.